The van der Waals surface area contributed by atoms with Crippen molar-refractivity contribution in [3.8, 4) is 0 Å². The van der Waals surface area contributed by atoms with Crippen molar-refractivity contribution in [3.63, 3.8) is 0 Å². The number of fused-ring (bicyclic) bond motifs is 1. The standard InChI is InChI=1S/C24H26O5S2/c1-18-17-24(31(28,29)20-13-7-3-8-14-20)21(15-9-4-10-16-22(24)25)23(18)30(26,27)19-11-5-2-6-12-19/h2-3,5-8,11-14,21,23H,1,4,9-10,15-17H2/t21-,23+,24-/m0/s1. The van der Waals surface area contributed by atoms with E-state index in [9.17, 15) is 21.6 Å². The largest absolute Gasteiger partial charge is 0.298 e. The second-order valence-corrected chi connectivity index (χ2v) is 12.7. The van der Waals surface area contributed by atoms with E-state index in [-0.39, 0.29) is 28.4 Å². The van der Waals surface area contributed by atoms with E-state index in [1.54, 1.807) is 36.4 Å². The number of sulfone groups is 2. The average Bonchev–Trinajstić information content (AvgIpc) is 3.07. The first-order valence-corrected chi connectivity index (χ1v) is 13.6. The Labute approximate surface area is 184 Å². The van der Waals surface area contributed by atoms with Crippen LogP contribution >= 0.6 is 0 Å². The van der Waals surface area contributed by atoms with Crippen molar-refractivity contribution < 1.29 is 21.6 Å². The molecule has 2 aromatic rings. The third-order valence-corrected chi connectivity index (χ3v) is 11.5. The molecule has 0 spiro atoms. The highest BCUT2D eigenvalue weighted by molar-refractivity contribution is 7.94. The van der Waals surface area contributed by atoms with Gasteiger partial charge in [-0.3, -0.25) is 4.79 Å². The molecule has 0 radical (unpaired) electrons. The molecule has 0 heterocycles. The summed E-state index contributed by atoms with van der Waals surface area (Å²) in [6, 6.07) is 15.9. The minimum Gasteiger partial charge on any atom is -0.298 e. The number of carbonyl (C=O) groups excluding carboxylic acids is 1. The smallest absolute Gasteiger partial charge is 0.191 e. The molecule has 2 aliphatic rings. The number of carbonyl (C=O) groups is 1. The Morgan fingerprint density at radius 3 is 2.00 bits per heavy atom. The fourth-order valence-corrected chi connectivity index (χ4v) is 9.88. The van der Waals surface area contributed by atoms with E-state index in [1.807, 2.05) is 0 Å². The first-order valence-electron chi connectivity index (χ1n) is 10.5. The molecule has 0 saturated heterocycles. The predicted octanol–water partition coefficient (Wildman–Crippen LogP) is 4.15. The number of hydrogen-bond donors (Lipinski definition) is 0. The highest BCUT2D eigenvalue weighted by Crippen LogP contribution is 2.54. The zero-order chi connectivity index (χ0) is 22.3. The van der Waals surface area contributed by atoms with Gasteiger partial charge < -0.3 is 0 Å². The minimum absolute atomic E-state index is 0.0551. The summed E-state index contributed by atoms with van der Waals surface area (Å²) >= 11 is 0. The number of ketones is 1. The van der Waals surface area contributed by atoms with Gasteiger partial charge in [0, 0.05) is 12.3 Å². The molecule has 5 nitrogen and oxygen atoms in total. The van der Waals surface area contributed by atoms with Gasteiger partial charge in [0.1, 0.15) is 4.75 Å². The summed E-state index contributed by atoms with van der Waals surface area (Å²) in [5, 5.41) is -1.10. The van der Waals surface area contributed by atoms with E-state index in [1.165, 1.54) is 24.3 Å². The first kappa shape index (κ1) is 22.0. The first-order chi connectivity index (χ1) is 14.7. The van der Waals surface area contributed by atoms with Crippen LogP contribution in [0.1, 0.15) is 38.5 Å². The monoisotopic (exact) mass is 458 g/mol. The Bertz CT molecular complexity index is 1200. The van der Waals surface area contributed by atoms with Gasteiger partial charge in [-0.2, -0.15) is 0 Å². The van der Waals surface area contributed by atoms with Crippen LogP contribution < -0.4 is 0 Å². The van der Waals surface area contributed by atoms with E-state index in [4.69, 9.17) is 0 Å². The maximum absolute atomic E-state index is 14.0. The van der Waals surface area contributed by atoms with Crippen LogP contribution in [0.5, 0.6) is 0 Å². The second kappa shape index (κ2) is 8.02. The maximum atomic E-state index is 14.0. The number of rotatable bonds is 4. The van der Waals surface area contributed by atoms with E-state index < -0.39 is 35.6 Å². The molecular formula is C24H26O5S2. The molecule has 2 aromatic carbocycles. The van der Waals surface area contributed by atoms with E-state index in [0.29, 0.717) is 24.8 Å². The van der Waals surface area contributed by atoms with Crippen molar-refractivity contribution in [2.24, 2.45) is 5.92 Å². The number of benzene rings is 2. The Kier molecular flexibility index (Phi) is 5.68. The lowest BCUT2D eigenvalue weighted by molar-refractivity contribution is -0.122. The van der Waals surface area contributed by atoms with Gasteiger partial charge >= 0.3 is 0 Å². The van der Waals surface area contributed by atoms with E-state index >= 15 is 0 Å². The summed E-state index contributed by atoms with van der Waals surface area (Å²) < 4.78 is 53.4. The van der Waals surface area contributed by atoms with Crippen LogP contribution in [0.25, 0.3) is 0 Å². The van der Waals surface area contributed by atoms with Crippen LogP contribution in [0.3, 0.4) is 0 Å². The van der Waals surface area contributed by atoms with Crippen molar-refractivity contribution in [2.75, 3.05) is 0 Å². The van der Waals surface area contributed by atoms with Crippen LogP contribution in [0, 0.1) is 5.92 Å². The van der Waals surface area contributed by atoms with Crippen molar-refractivity contribution in [1.82, 2.24) is 0 Å². The molecule has 2 fully saturated rings. The lowest BCUT2D eigenvalue weighted by atomic mass is 9.82. The summed E-state index contributed by atoms with van der Waals surface area (Å²) in [5.74, 6) is -1.24. The van der Waals surface area contributed by atoms with Crippen LogP contribution in [-0.2, 0) is 24.5 Å². The van der Waals surface area contributed by atoms with E-state index in [2.05, 4.69) is 6.58 Å². The third-order valence-electron chi connectivity index (χ3n) is 6.69. The summed E-state index contributed by atoms with van der Waals surface area (Å²) in [6.07, 6.45) is 2.40. The zero-order valence-corrected chi connectivity index (χ0v) is 18.9. The molecule has 7 heteroatoms. The van der Waals surface area contributed by atoms with Gasteiger partial charge in [0.2, 0.25) is 0 Å². The van der Waals surface area contributed by atoms with Crippen LogP contribution in [0.2, 0.25) is 0 Å². The molecule has 2 saturated carbocycles. The molecule has 0 aromatic heterocycles. The van der Waals surface area contributed by atoms with Gasteiger partial charge in [0.15, 0.2) is 25.5 Å². The minimum atomic E-state index is -4.13. The molecule has 164 valence electrons. The predicted molar refractivity (Wildman–Crippen MR) is 119 cm³/mol. The normalized spacial score (nSPS) is 27.4. The lowest BCUT2D eigenvalue weighted by Gasteiger charge is -2.36. The van der Waals surface area contributed by atoms with Crippen LogP contribution in [0.4, 0.5) is 0 Å². The lowest BCUT2D eigenvalue weighted by Crippen LogP contribution is -2.52. The zero-order valence-electron chi connectivity index (χ0n) is 17.2. The third kappa shape index (κ3) is 3.38. The molecule has 0 unspecified atom stereocenters. The molecule has 2 aliphatic carbocycles. The van der Waals surface area contributed by atoms with Gasteiger partial charge in [-0.15, -0.1) is 0 Å². The highest BCUT2D eigenvalue weighted by Gasteiger charge is 2.65. The van der Waals surface area contributed by atoms with E-state index in [0.717, 1.165) is 6.42 Å². The quantitative estimate of drug-likeness (QED) is 0.643. The van der Waals surface area contributed by atoms with Gasteiger partial charge in [-0.1, -0.05) is 61.4 Å². The Hall–Kier alpha value is -2.25. The summed E-state index contributed by atoms with van der Waals surface area (Å²) in [7, 11) is -8.04. The highest BCUT2D eigenvalue weighted by atomic mass is 32.2. The topological polar surface area (TPSA) is 85.3 Å². The van der Waals surface area contributed by atoms with Crippen molar-refractivity contribution in [3.05, 3.63) is 72.8 Å². The van der Waals surface area contributed by atoms with Gasteiger partial charge in [0.25, 0.3) is 0 Å². The van der Waals surface area contributed by atoms with Crippen LogP contribution in [0.15, 0.2) is 82.6 Å². The maximum Gasteiger partial charge on any atom is 0.191 e. The van der Waals surface area contributed by atoms with Crippen molar-refractivity contribution in [2.45, 2.75) is 58.3 Å². The number of Topliss-reactive ketones (excluding diaryl/α,β-unsaturated/α-hetero) is 1. The molecular weight excluding hydrogens is 432 g/mol. The fourth-order valence-electron chi connectivity index (χ4n) is 5.27. The molecule has 0 N–H and O–H groups in total. The van der Waals surface area contributed by atoms with Crippen molar-refractivity contribution >= 4 is 25.5 Å². The molecule has 0 amide bonds. The van der Waals surface area contributed by atoms with Crippen molar-refractivity contribution in [1.29, 1.82) is 0 Å². The Morgan fingerprint density at radius 2 is 1.39 bits per heavy atom. The summed E-state index contributed by atoms with van der Waals surface area (Å²) in [6.45, 7) is 4.00. The average molecular weight is 459 g/mol. The van der Waals surface area contributed by atoms with Gasteiger partial charge in [-0.25, -0.2) is 16.8 Å². The summed E-state index contributed by atoms with van der Waals surface area (Å²) in [4.78, 5) is 13.7. The summed E-state index contributed by atoms with van der Waals surface area (Å²) in [5.41, 5.74) is 0.309. The number of hydrogen-bond acceptors (Lipinski definition) is 5. The van der Waals surface area contributed by atoms with Gasteiger partial charge in [-0.05, 0) is 43.5 Å². The van der Waals surface area contributed by atoms with Gasteiger partial charge in [0.05, 0.1) is 15.0 Å². The molecule has 0 bridgehead atoms. The fraction of sp³-hybridized carbons (Fsp3) is 0.375. The Morgan fingerprint density at radius 1 is 0.806 bits per heavy atom. The molecule has 3 atom stereocenters. The second-order valence-electron chi connectivity index (χ2n) is 8.45. The SMILES string of the molecule is C=C1C[C@@]2(S(=O)(=O)c3ccccc3)C(=O)CCCCC[C@H]2[C@@H]1S(=O)(=O)c1ccccc1. The molecule has 4 rings (SSSR count). The molecule has 0 aliphatic heterocycles. The Balaban J connectivity index is 1.94. The molecule has 31 heavy (non-hydrogen) atoms. The van der Waals surface area contributed by atoms with Crippen LogP contribution in [-0.4, -0.2) is 32.6 Å².